The van der Waals surface area contributed by atoms with Crippen LogP contribution in [0.3, 0.4) is 0 Å². The average molecular weight is 544 g/mol. The summed E-state index contributed by atoms with van der Waals surface area (Å²) in [6.07, 6.45) is 7.79. The van der Waals surface area contributed by atoms with E-state index in [1.807, 2.05) is 28.4 Å². The standard InChI is InChI=1S/C31H37N5O2S/c1-3-23-7-8-24(39-23)15-20(2)33-26-9-10-32-30(37)29(26)28-17-21-16-25-22(18-27(21)34-28)19-36(31(25)38)14-6-13-35-11-4-5-12-35/h7-10,16,18,20H,3-6,11-15,17,19H2,1-2H3,(H2,32,33,37). The summed E-state index contributed by atoms with van der Waals surface area (Å²) in [5.41, 5.74) is 5.74. The van der Waals surface area contributed by atoms with Crippen molar-refractivity contribution in [3.8, 4) is 0 Å². The van der Waals surface area contributed by atoms with E-state index in [0.29, 0.717) is 18.5 Å². The molecular formula is C31H37N5O2S. The highest BCUT2D eigenvalue weighted by atomic mass is 32.1. The summed E-state index contributed by atoms with van der Waals surface area (Å²) < 4.78 is 0. The minimum absolute atomic E-state index is 0.121. The molecule has 1 fully saturated rings. The highest BCUT2D eigenvalue weighted by Gasteiger charge is 2.31. The molecule has 0 radical (unpaired) electrons. The van der Waals surface area contributed by atoms with E-state index in [2.05, 4.69) is 47.2 Å². The van der Waals surface area contributed by atoms with E-state index >= 15 is 0 Å². The van der Waals surface area contributed by atoms with Crippen LogP contribution >= 0.6 is 11.3 Å². The number of rotatable bonds is 10. The molecule has 3 aromatic rings. The zero-order valence-electron chi connectivity index (χ0n) is 22.9. The van der Waals surface area contributed by atoms with Crippen molar-refractivity contribution in [1.29, 1.82) is 0 Å². The van der Waals surface area contributed by atoms with Crippen LogP contribution in [0.5, 0.6) is 0 Å². The molecule has 1 amide bonds. The predicted molar refractivity (Wildman–Crippen MR) is 159 cm³/mol. The number of likely N-dealkylation sites (tertiary alicyclic amines) is 1. The van der Waals surface area contributed by atoms with Crippen LogP contribution in [-0.2, 0) is 25.8 Å². The van der Waals surface area contributed by atoms with Crippen LogP contribution in [0.1, 0.15) is 69.9 Å². The predicted octanol–water partition coefficient (Wildman–Crippen LogP) is 5.16. The average Bonchev–Trinajstić information content (AvgIpc) is 3.71. The van der Waals surface area contributed by atoms with Crippen molar-refractivity contribution in [3.05, 3.63) is 78.9 Å². The van der Waals surface area contributed by atoms with Crippen LogP contribution < -0.4 is 10.9 Å². The molecule has 7 nitrogen and oxygen atoms in total. The van der Waals surface area contributed by atoms with Gasteiger partial charge in [0.1, 0.15) is 0 Å². The van der Waals surface area contributed by atoms with Gasteiger partial charge in [-0.1, -0.05) is 6.92 Å². The Kier molecular flexibility index (Phi) is 7.40. The number of hydrogen-bond donors (Lipinski definition) is 2. The molecule has 2 N–H and O–H groups in total. The number of benzene rings is 1. The molecule has 3 aliphatic rings. The van der Waals surface area contributed by atoms with Crippen LogP contribution in [0.4, 0.5) is 11.4 Å². The fraction of sp³-hybridized carbons (Fsp3) is 0.452. The first-order valence-corrected chi connectivity index (χ1v) is 15.1. The van der Waals surface area contributed by atoms with Gasteiger partial charge < -0.3 is 20.1 Å². The Morgan fingerprint density at radius 1 is 1.08 bits per heavy atom. The van der Waals surface area contributed by atoms with Gasteiger partial charge in [0.25, 0.3) is 11.5 Å². The van der Waals surface area contributed by atoms with Crippen molar-refractivity contribution < 1.29 is 4.79 Å². The minimum atomic E-state index is -0.143. The SMILES string of the molecule is CCc1ccc(CC(C)Nc2cc[nH]c(=O)c2C2=Nc3cc4c(cc3C2)C(=O)N(CCCN2CCCC2)C4)s1. The first-order chi connectivity index (χ1) is 19.0. The molecule has 0 aliphatic carbocycles. The Bertz CT molecular complexity index is 1470. The first-order valence-electron chi connectivity index (χ1n) is 14.3. The lowest BCUT2D eigenvalue weighted by Gasteiger charge is -2.19. The molecule has 1 saturated heterocycles. The highest BCUT2D eigenvalue weighted by Crippen LogP contribution is 2.36. The van der Waals surface area contributed by atoms with Gasteiger partial charge >= 0.3 is 0 Å². The molecule has 3 aliphatic heterocycles. The Morgan fingerprint density at radius 2 is 1.90 bits per heavy atom. The number of amides is 1. The van der Waals surface area contributed by atoms with Crippen molar-refractivity contribution in [2.75, 3.05) is 31.5 Å². The van der Waals surface area contributed by atoms with Crippen LogP contribution in [0.15, 0.2) is 46.3 Å². The number of H-pyrrole nitrogens is 1. The second-order valence-corrected chi connectivity index (χ2v) is 12.3. The van der Waals surface area contributed by atoms with Gasteiger partial charge in [0.05, 0.1) is 22.6 Å². The van der Waals surface area contributed by atoms with Crippen molar-refractivity contribution in [2.45, 2.75) is 65.0 Å². The van der Waals surface area contributed by atoms with E-state index in [0.717, 1.165) is 66.1 Å². The number of hydrogen-bond acceptors (Lipinski definition) is 6. The molecule has 8 heteroatoms. The molecule has 6 rings (SSSR count). The molecular weight excluding hydrogens is 506 g/mol. The van der Waals surface area contributed by atoms with E-state index in [1.165, 1.54) is 35.7 Å². The lowest BCUT2D eigenvalue weighted by Crippen LogP contribution is -2.29. The Morgan fingerprint density at radius 3 is 2.69 bits per heavy atom. The van der Waals surface area contributed by atoms with Gasteiger partial charge in [-0.2, -0.15) is 0 Å². The zero-order valence-corrected chi connectivity index (χ0v) is 23.7. The number of pyridine rings is 1. The number of anilines is 1. The third-order valence-corrected chi connectivity index (χ3v) is 9.37. The summed E-state index contributed by atoms with van der Waals surface area (Å²) in [4.78, 5) is 41.2. The maximum atomic E-state index is 13.2. The molecule has 0 spiro atoms. The summed E-state index contributed by atoms with van der Waals surface area (Å²) in [6, 6.07) is 10.6. The molecule has 1 unspecified atom stereocenters. The van der Waals surface area contributed by atoms with Crippen molar-refractivity contribution in [2.24, 2.45) is 4.99 Å². The van der Waals surface area contributed by atoms with Crippen LogP contribution in [-0.4, -0.2) is 58.6 Å². The van der Waals surface area contributed by atoms with Gasteiger partial charge in [-0.15, -0.1) is 11.3 Å². The fourth-order valence-corrected chi connectivity index (χ4v) is 7.19. The minimum Gasteiger partial charge on any atom is -0.381 e. The lowest BCUT2D eigenvalue weighted by atomic mass is 10.00. The number of nitrogens with one attached hydrogen (secondary N) is 2. The number of aromatic amines is 1. The Labute approximate surface area is 234 Å². The molecule has 204 valence electrons. The summed E-state index contributed by atoms with van der Waals surface area (Å²) in [5.74, 6) is 0.121. The summed E-state index contributed by atoms with van der Waals surface area (Å²) >= 11 is 1.85. The van der Waals surface area contributed by atoms with Crippen molar-refractivity contribution in [1.82, 2.24) is 14.8 Å². The quantitative estimate of drug-likeness (QED) is 0.370. The van der Waals surface area contributed by atoms with E-state index in [4.69, 9.17) is 4.99 Å². The number of carbonyl (C=O) groups is 1. The third kappa shape index (κ3) is 5.45. The lowest BCUT2D eigenvalue weighted by molar-refractivity contribution is 0.0772. The summed E-state index contributed by atoms with van der Waals surface area (Å²) in [7, 11) is 0. The molecule has 2 aromatic heterocycles. The molecule has 5 heterocycles. The smallest absolute Gasteiger partial charge is 0.259 e. The molecule has 1 aromatic carbocycles. The number of aromatic nitrogens is 1. The number of thiophene rings is 1. The van der Waals surface area contributed by atoms with E-state index in [1.54, 1.807) is 6.20 Å². The molecule has 0 bridgehead atoms. The van der Waals surface area contributed by atoms with Crippen molar-refractivity contribution in [3.63, 3.8) is 0 Å². The molecule has 0 saturated carbocycles. The number of nitrogens with zero attached hydrogens (tertiary/aromatic N) is 3. The second-order valence-electron chi connectivity index (χ2n) is 11.1. The van der Waals surface area contributed by atoms with Gasteiger partial charge in [-0.05, 0) is 93.7 Å². The second kappa shape index (κ2) is 11.1. The Balaban J connectivity index is 1.16. The maximum absolute atomic E-state index is 13.2. The van der Waals surface area contributed by atoms with E-state index < -0.39 is 0 Å². The van der Waals surface area contributed by atoms with Gasteiger partial charge in [0, 0.05) is 53.5 Å². The van der Waals surface area contributed by atoms with Crippen LogP contribution in [0.2, 0.25) is 0 Å². The van der Waals surface area contributed by atoms with Crippen molar-refractivity contribution >= 4 is 34.3 Å². The third-order valence-electron chi connectivity index (χ3n) is 8.12. The highest BCUT2D eigenvalue weighted by molar-refractivity contribution is 7.12. The maximum Gasteiger partial charge on any atom is 0.259 e. The number of aryl methyl sites for hydroxylation is 1. The van der Waals surface area contributed by atoms with E-state index in [-0.39, 0.29) is 17.5 Å². The summed E-state index contributed by atoms with van der Waals surface area (Å²) in [6.45, 7) is 9.21. The van der Waals surface area contributed by atoms with Crippen LogP contribution in [0, 0.1) is 0 Å². The van der Waals surface area contributed by atoms with Gasteiger partial charge in [-0.25, -0.2) is 0 Å². The number of fused-ring (bicyclic) bond motifs is 2. The Hall–Kier alpha value is -3.23. The molecule has 1 atom stereocenters. The first kappa shape index (κ1) is 26.0. The van der Waals surface area contributed by atoms with Gasteiger partial charge in [0.15, 0.2) is 0 Å². The monoisotopic (exact) mass is 543 g/mol. The molecule has 39 heavy (non-hydrogen) atoms. The number of carbonyl (C=O) groups excluding carboxylic acids is 1. The fourth-order valence-electron chi connectivity index (χ4n) is 6.11. The summed E-state index contributed by atoms with van der Waals surface area (Å²) in [5, 5.41) is 3.57. The normalized spacial score (nSPS) is 17.4. The van der Waals surface area contributed by atoms with Crippen LogP contribution in [0.25, 0.3) is 0 Å². The topological polar surface area (TPSA) is 80.8 Å². The largest absolute Gasteiger partial charge is 0.381 e. The van der Waals surface area contributed by atoms with Gasteiger partial charge in [-0.3, -0.25) is 14.6 Å². The number of aliphatic imine (C=N–C) groups is 1. The van der Waals surface area contributed by atoms with E-state index in [9.17, 15) is 9.59 Å². The van der Waals surface area contributed by atoms with Gasteiger partial charge in [0.2, 0.25) is 0 Å². The zero-order chi connectivity index (χ0) is 26.9.